The molecule has 3 fully saturated rings. The molecule has 0 spiro atoms. The zero-order chi connectivity index (χ0) is 17.9. The summed E-state index contributed by atoms with van der Waals surface area (Å²) < 4.78 is 5.40. The van der Waals surface area contributed by atoms with Gasteiger partial charge in [-0.1, -0.05) is 0 Å². The smallest absolute Gasteiger partial charge is 0.272 e. The number of hydrogen-bond acceptors (Lipinski definition) is 6. The summed E-state index contributed by atoms with van der Waals surface area (Å²) in [4.78, 5) is 28.8. The van der Waals surface area contributed by atoms with E-state index in [4.69, 9.17) is 4.74 Å². The van der Waals surface area contributed by atoms with E-state index in [0.29, 0.717) is 24.9 Å². The number of nitrogens with zero attached hydrogens (tertiary/aromatic N) is 5. The minimum atomic E-state index is 0.0401. The third-order valence-corrected chi connectivity index (χ3v) is 5.44. The molecule has 1 aromatic heterocycles. The Labute approximate surface area is 155 Å². The highest BCUT2D eigenvalue weighted by Crippen LogP contribution is 2.30. The van der Waals surface area contributed by atoms with Crippen LogP contribution in [0.5, 0.6) is 0 Å². The molecule has 26 heavy (non-hydrogen) atoms. The first-order valence-electron chi connectivity index (χ1n) is 9.89. The summed E-state index contributed by atoms with van der Waals surface area (Å²) in [6.45, 7) is 9.74. The van der Waals surface area contributed by atoms with Gasteiger partial charge in [-0.3, -0.25) is 4.79 Å². The Kier molecular flexibility index (Phi) is 5.36. The summed E-state index contributed by atoms with van der Waals surface area (Å²) in [5.74, 6) is 1.60. The van der Waals surface area contributed by atoms with Crippen molar-refractivity contribution in [1.82, 2.24) is 19.8 Å². The number of anilines is 1. The van der Waals surface area contributed by atoms with Gasteiger partial charge in [0.2, 0.25) is 5.95 Å². The second kappa shape index (κ2) is 7.88. The molecule has 0 unspecified atom stereocenters. The molecule has 0 bridgehead atoms. The van der Waals surface area contributed by atoms with Crippen molar-refractivity contribution < 1.29 is 9.53 Å². The first kappa shape index (κ1) is 17.7. The predicted molar refractivity (Wildman–Crippen MR) is 99.5 cm³/mol. The highest BCUT2D eigenvalue weighted by molar-refractivity contribution is 5.92. The van der Waals surface area contributed by atoms with E-state index in [1.807, 2.05) is 17.9 Å². The summed E-state index contributed by atoms with van der Waals surface area (Å²) in [7, 11) is 0. The molecule has 0 atom stereocenters. The lowest BCUT2D eigenvalue weighted by atomic mass is 10.3. The number of aromatic nitrogens is 2. The quantitative estimate of drug-likeness (QED) is 0.805. The number of rotatable bonds is 4. The lowest BCUT2D eigenvalue weighted by Gasteiger charge is -2.27. The molecule has 7 heteroatoms. The van der Waals surface area contributed by atoms with Gasteiger partial charge in [-0.25, -0.2) is 9.97 Å². The zero-order valence-corrected chi connectivity index (χ0v) is 15.7. The average molecular weight is 359 g/mol. The molecule has 7 nitrogen and oxygen atoms in total. The van der Waals surface area contributed by atoms with Gasteiger partial charge in [0, 0.05) is 45.0 Å². The molecule has 1 aromatic rings. The Hall–Kier alpha value is -1.73. The third kappa shape index (κ3) is 4.32. The highest BCUT2D eigenvalue weighted by atomic mass is 16.5. The van der Waals surface area contributed by atoms with E-state index < -0.39 is 0 Å². The Morgan fingerprint density at radius 1 is 1.12 bits per heavy atom. The van der Waals surface area contributed by atoms with Crippen LogP contribution in [-0.2, 0) is 4.74 Å². The predicted octanol–water partition coefficient (Wildman–Crippen LogP) is 1.18. The van der Waals surface area contributed by atoms with Crippen LogP contribution in [0.4, 0.5) is 5.95 Å². The SMILES string of the molecule is Cc1cc(C(=O)N2CCCN(CC3CC3)CC2)nc(N2CCOCC2)n1. The minimum absolute atomic E-state index is 0.0401. The van der Waals surface area contributed by atoms with Crippen molar-refractivity contribution in [1.29, 1.82) is 0 Å². The highest BCUT2D eigenvalue weighted by Gasteiger charge is 2.27. The lowest BCUT2D eigenvalue weighted by molar-refractivity contribution is 0.0755. The second-order valence-electron chi connectivity index (χ2n) is 7.68. The van der Waals surface area contributed by atoms with Gasteiger partial charge in [0.1, 0.15) is 5.69 Å². The maximum atomic E-state index is 13.1. The third-order valence-electron chi connectivity index (χ3n) is 5.44. The molecule has 0 radical (unpaired) electrons. The molecule has 1 amide bonds. The van der Waals surface area contributed by atoms with Gasteiger partial charge in [-0.05, 0) is 44.7 Å². The van der Waals surface area contributed by atoms with Crippen molar-refractivity contribution in [2.45, 2.75) is 26.2 Å². The molecule has 2 aliphatic heterocycles. The molecule has 1 saturated carbocycles. The van der Waals surface area contributed by atoms with Crippen LogP contribution in [0, 0.1) is 12.8 Å². The number of ether oxygens (including phenoxy) is 1. The van der Waals surface area contributed by atoms with E-state index >= 15 is 0 Å². The van der Waals surface area contributed by atoms with Crippen LogP contribution in [0.2, 0.25) is 0 Å². The molecule has 4 rings (SSSR count). The first-order chi connectivity index (χ1) is 12.7. The van der Waals surface area contributed by atoms with E-state index in [-0.39, 0.29) is 5.91 Å². The molecule has 0 N–H and O–H groups in total. The Balaban J connectivity index is 1.44. The molecule has 2 saturated heterocycles. The van der Waals surface area contributed by atoms with Crippen LogP contribution in [0.1, 0.15) is 35.4 Å². The second-order valence-corrected chi connectivity index (χ2v) is 7.68. The number of hydrogen-bond donors (Lipinski definition) is 0. The standard InChI is InChI=1S/C19H29N5O2/c1-15-13-17(21-19(20-15)24-9-11-26-12-10-24)18(25)23-6-2-5-22(7-8-23)14-16-3-4-16/h13,16H,2-12,14H2,1H3. The van der Waals surface area contributed by atoms with Crippen LogP contribution >= 0.6 is 0 Å². The van der Waals surface area contributed by atoms with Crippen molar-refractivity contribution in [2.24, 2.45) is 5.92 Å². The van der Waals surface area contributed by atoms with Gasteiger partial charge in [0.25, 0.3) is 5.91 Å². The monoisotopic (exact) mass is 359 g/mol. The summed E-state index contributed by atoms with van der Waals surface area (Å²) in [6, 6.07) is 1.82. The van der Waals surface area contributed by atoms with Crippen molar-refractivity contribution in [2.75, 3.05) is 63.9 Å². The summed E-state index contributed by atoms with van der Waals surface area (Å²) in [5.41, 5.74) is 1.37. The molecular formula is C19H29N5O2. The Morgan fingerprint density at radius 2 is 1.92 bits per heavy atom. The van der Waals surface area contributed by atoms with Gasteiger partial charge in [0.15, 0.2) is 0 Å². The van der Waals surface area contributed by atoms with Crippen LogP contribution < -0.4 is 4.90 Å². The van der Waals surface area contributed by atoms with E-state index in [1.165, 1.54) is 19.4 Å². The molecule has 3 heterocycles. The van der Waals surface area contributed by atoms with Crippen molar-refractivity contribution >= 4 is 11.9 Å². The summed E-state index contributed by atoms with van der Waals surface area (Å²) >= 11 is 0. The molecule has 1 aliphatic carbocycles. The van der Waals surface area contributed by atoms with Crippen molar-refractivity contribution in [3.63, 3.8) is 0 Å². The van der Waals surface area contributed by atoms with Crippen LogP contribution in [0.25, 0.3) is 0 Å². The molecule has 0 aromatic carbocycles. The normalized spacial score (nSPS) is 22.3. The maximum absolute atomic E-state index is 13.1. The number of amides is 1. The minimum Gasteiger partial charge on any atom is -0.378 e. The lowest BCUT2D eigenvalue weighted by Crippen LogP contribution is -2.39. The van der Waals surface area contributed by atoms with E-state index in [1.54, 1.807) is 0 Å². The van der Waals surface area contributed by atoms with E-state index in [0.717, 1.165) is 57.3 Å². The zero-order valence-electron chi connectivity index (χ0n) is 15.7. The first-order valence-corrected chi connectivity index (χ1v) is 9.89. The van der Waals surface area contributed by atoms with E-state index in [2.05, 4.69) is 19.8 Å². The van der Waals surface area contributed by atoms with Gasteiger partial charge >= 0.3 is 0 Å². The fraction of sp³-hybridized carbons (Fsp3) is 0.737. The van der Waals surface area contributed by atoms with Crippen LogP contribution in [0.3, 0.4) is 0 Å². The number of aryl methyl sites for hydroxylation is 1. The fourth-order valence-corrected chi connectivity index (χ4v) is 3.75. The summed E-state index contributed by atoms with van der Waals surface area (Å²) in [6.07, 6.45) is 3.80. The van der Waals surface area contributed by atoms with Crippen molar-refractivity contribution in [3.8, 4) is 0 Å². The fourth-order valence-electron chi connectivity index (χ4n) is 3.75. The number of carbonyl (C=O) groups is 1. The molecule has 3 aliphatic rings. The van der Waals surface area contributed by atoms with Crippen molar-refractivity contribution in [3.05, 3.63) is 17.5 Å². The van der Waals surface area contributed by atoms with Crippen LogP contribution in [0.15, 0.2) is 6.07 Å². The van der Waals surface area contributed by atoms with Gasteiger partial charge < -0.3 is 19.4 Å². The number of carbonyl (C=O) groups excluding carboxylic acids is 1. The van der Waals surface area contributed by atoms with Crippen LogP contribution in [-0.4, -0.2) is 84.7 Å². The molecule has 142 valence electrons. The van der Waals surface area contributed by atoms with Gasteiger partial charge in [-0.2, -0.15) is 0 Å². The van der Waals surface area contributed by atoms with E-state index in [9.17, 15) is 4.79 Å². The Morgan fingerprint density at radius 3 is 2.69 bits per heavy atom. The molecular weight excluding hydrogens is 330 g/mol. The maximum Gasteiger partial charge on any atom is 0.272 e. The van der Waals surface area contributed by atoms with Gasteiger partial charge in [0.05, 0.1) is 13.2 Å². The largest absolute Gasteiger partial charge is 0.378 e. The topological polar surface area (TPSA) is 61.8 Å². The number of morpholine rings is 1. The van der Waals surface area contributed by atoms with Gasteiger partial charge in [-0.15, -0.1) is 0 Å². The Bertz CT molecular complexity index is 643. The average Bonchev–Trinajstić information content (AvgIpc) is 3.49. The summed E-state index contributed by atoms with van der Waals surface area (Å²) in [5, 5.41) is 0.